The van der Waals surface area contributed by atoms with E-state index >= 15 is 0 Å². The van der Waals surface area contributed by atoms with E-state index in [4.69, 9.17) is 11.6 Å². The van der Waals surface area contributed by atoms with Crippen LogP contribution in [0.1, 0.15) is 42.3 Å². The Morgan fingerprint density at radius 1 is 0.923 bits per heavy atom. The molecule has 0 spiro atoms. The minimum Gasteiger partial charge on any atom is -0.350 e. The second-order valence-corrected chi connectivity index (χ2v) is 12.7. The van der Waals surface area contributed by atoms with E-state index in [9.17, 15) is 22.8 Å². The van der Waals surface area contributed by atoms with E-state index in [-0.39, 0.29) is 23.4 Å². The second-order valence-electron chi connectivity index (χ2n) is 10.4. The Morgan fingerprint density at radius 3 is 2.15 bits per heavy atom. The van der Waals surface area contributed by atoms with Gasteiger partial charge < -0.3 is 10.2 Å². The summed E-state index contributed by atoms with van der Waals surface area (Å²) in [5.41, 5.74) is 0.934. The molecule has 204 valence electrons. The van der Waals surface area contributed by atoms with Gasteiger partial charge in [0.15, 0.2) is 0 Å². The third-order valence-corrected chi connectivity index (χ3v) is 8.27. The van der Waals surface area contributed by atoms with Crippen LogP contribution in [0, 0.1) is 0 Å². The molecule has 10 heteroatoms. The zero-order valence-corrected chi connectivity index (χ0v) is 23.5. The van der Waals surface area contributed by atoms with Crippen LogP contribution in [0.2, 0.25) is 5.02 Å². The lowest BCUT2D eigenvalue weighted by Crippen LogP contribution is -2.56. The van der Waals surface area contributed by atoms with E-state index in [1.54, 1.807) is 30.3 Å². The average molecular weight is 568 g/mol. The maximum Gasteiger partial charge on any atom is 0.269 e. The van der Waals surface area contributed by atoms with Crippen molar-refractivity contribution in [3.05, 3.63) is 101 Å². The second kappa shape index (κ2) is 11.2. The first-order valence-electron chi connectivity index (χ1n) is 12.4. The van der Waals surface area contributed by atoms with Crippen molar-refractivity contribution in [3.8, 4) is 0 Å². The molecule has 0 saturated heterocycles. The van der Waals surface area contributed by atoms with E-state index in [1.165, 1.54) is 23.1 Å². The Bertz CT molecular complexity index is 1490. The molecule has 3 aromatic carbocycles. The fraction of sp³-hybridized carbons (Fsp3) is 0.276. The molecule has 1 heterocycles. The van der Waals surface area contributed by atoms with Crippen molar-refractivity contribution < 1.29 is 22.8 Å². The van der Waals surface area contributed by atoms with Gasteiger partial charge in [-0.2, -0.15) is 0 Å². The topological polar surface area (TPSA) is 104 Å². The summed E-state index contributed by atoms with van der Waals surface area (Å²) in [5.74, 6) is -1.85. The van der Waals surface area contributed by atoms with Gasteiger partial charge in [0.25, 0.3) is 15.9 Å². The van der Waals surface area contributed by atoms with Crippen LogP contribution >= 0.6 is 11.6 Å². The number of hydrogen-bond donors (Lipinski definition) is 1. The van der Waals surface area contributed by atoms with Crippen LogP contribution in [0.5, 0.6) is 0 Å². The molecule has 1 unspecified atom stereocenters. The fourth-order valence-corrected chi connectivity index (χ4v) is 6.04. The molecule has 0 fully saturated rings. The third-order valence-electron chi connectivity index (χ3n) is 6.23. The molecule has 0 saturated carbocycles. The molecule has 0 bridgehead atoms. The average Bonchev–Trinajstić information content (AvgIpc) is 3.07. The molecule has 1 aliphatic rings. The first kappa shape index (κ1) is 28.3. The van der Waals surface area contributed by atoms with Crippen LogP contribution < -0.4 is 5.32 Å². The minimum absolute atomic E-state index is 0.0000911. The number of nitrogens with zero attached hydrogens (tertiary/aromatic N) is 2. The normalized spacial score (nSPS) is 15.0. The molecular formula is C29H30ClN3O5S. The summed E-state index contributed by atoms with van der Waals surface area (Å²) in [5, 5.41) is 3.46. The van der Waals surface area contributed by atoms with E-state index < -0.39 is 45.9 Å². The smallest absolute Gasteiger partial charge is 0.269 e. The van der Waals surface area contributed by atoms with Crippen LogP contribution in [0.15, 0.2) is 83.8 Å². The standard InChI is InChI=1S/C29H30ClN3O5S/c1-29(2,3)31-27(35)24(17-20-9-5-4-6-10-20)32(18-21-13-15-22(30)16-14-21)26(34)19-33-28(36)23-11-7-8-12-25(23)39(33,37)38/h4-16,24H,17-19H2,1-3H3,(H,31,35). The lowest BCUT2D eigenvalue weighted by molar-refractivity contribution is -0.141. The summed E-state index contributed by atoms with van der Waals surface area (Å²) in [6.07, 6.45) is 0.184. The number of benzene rings is 3. The van der Waals surface area contributed by atoms with Crippen molar-refractivity contribution in [3.63, 3.8) is 0 Å². The Hall–Kier alpha value is -3.69. The van der Waals surface area contributed by atoms with Gasteiger partial charge in [0.1, 0.15) is 17.5 Å². The predicted octanol–water partition coefficient (Wildman–Crippen LogP) is 4.04. The van der Waals surface area contributed by atoms with Gasteiger partial charge in [-0.05, 0) is 56.2 Å². The highest BCUT2D eigenvalue weighted by atomic mass is 35.5. The van der Waals surface area contributed by atoms with E-state index in [0.717, 1.165) is 5.56 Å². The van der Waals surface area contributed by atoms with Gasteiger partial charge in [-0.3, -0.25) is 14.4 Å². The molecule has 8 nitrogen and oxygen atoms in total. The molecular weight excluding hydrogens is 538 g/mol. The highest BCUT2D eigenvalue weighted by molar-refractivity contribution is 7.90. The molecule has 0 aliphatic carbocycles. The molecule has 0 radical (unpaired) electrons. The number of halogens is 1. The molecule has 1 atom stereocenters. The van der Waals surface area contributed by atoms with Gasteiger partial charge in [-0.1, -0.05) is 66.2 Å². The highest BCUT2D eigenvalue weighted by Gasteiger charge is 2.43. The Balaban J connectivity index is 1.72. The van der Waals surface area contributed by atoms with Gasteiger partial charge in [0.2, 0.25) is 11.8 Å². The number of hydrogen-bond acceptors (Lipinski definition) is 5. The van der Waals surface area contributed by atoms with Crippen molar-refractivity contribution >= 4 is 39.3 Å². The SMILES string of the molecule is CC(C)(C)NC(=O)C(Cc1ccccc1)N(Cc1ccc(Cl)cc1)C(=O)CN1C(=O)c2ccccc2S1(=O)=O. The van der Waals surface area contributed by atoms with Crippen molar-refractivity contribution in [2.24, 2.45) is 0 Å². The Morgan fingerprint density at radius 2 is 1.54 bits per heavy atom. The Kier molecular flexibility index (Phi) is 8.13. The number of nitrogens with one attached hydrogen (secondary N) is 1. The third kappa shape index (κ3) is 6.49. The molecule has 0 aromatic heterocycles. The van der Waals surface area contributed by atoms with E-state index in [0.29, 0.717) is 14.9 Å². The number of carbonyl (C=O) groups excluding carboxylic acids is 3. The van der Waals surface area contributed by atoms with Crippen LogP contribution in [0.4, 0.5) is 0 Å². The predicted molar refractivity (Wildman–Crippen MR) is 148 cm³/mol. The van der Waals surface area contributed by atoms with Gasteiger partial charge in [0.05, 0.1) is 5.56 Å². The van der Waals surface area contributed by atoms with Crippen molar-refractivity contribution in [1.29, 1.82) is 0 Å². The van der Waals surface area contributed by atoms with Crippen molar-refractivity contribution in [2.75, 3.05) is 6.54 Å². The maximum atomic E-state index is 13.9. The van der Waals surface area contributed by atoms with Gasteiger partial charge in [0, 0.05) is 23.5 Å². The summed E-state index contributed by atoms with van der Waals surface area (Å²) in [6.45, 7) is 4.77. The number of rotatable bonds is 8. The first-order valence-corrected chi connectivity index (χ1v) is 14.2. The quantitative estimate of drug-likeness (QED) is 0.442. The largest absolute Gasteiger partial charge is 0.350 e. The maximum absolute atomic E-state index is 13.9. The van der Waals surface area contributed by atoms with Crippen LogP contribution in [0.25, 0.3) is 0 Å². The first-order chi connectivity index (χ1) is 18.4. The van der Waals surface area contributed by atoms with E-state index in [1.807, 2.05) is 51.1 Å². The minimum atomic E-state index is -4.22. The number of carbonyl (C=O) groups is 3. The molecule has 3 amide bonds. The lowest BCUT2D eigenvalue weighted by Gasteiger charge is -2.34. The lowest BCUT2D eigenvalue weighted by atomic mass is 10.0. The van der Waals surface area contributed by atoms with Crippen LogP contribution in [0.3, 0.4) is 0 Å². The summed E-state index contributed by atoms with van der Waals surface area (Å²) in [4.78, 5) is 41.8. The van der Waals surface area contributed by atoms with Crippen LogP contribution in [-0.2, 0) is 32.6 Å². The zero-order valence-electron chi connectivity index (χ0n) is 21.9. The fourth-order valence-electron chi connectivity index (χ4n) is 4.39. The van der Waals surface area contributed by atoms with Gasteiger partial charge in [-0.25, -0.2) is 12.7 Å². The molecule has 1 aliphatic heterocycles. The monoisotopic (exact) mass is 567 g/mol. The molecule has 1 N–H and O–H groups in total. The number of amides is 3. The summed E-state index contributed by atoms with van der Waals surface area (Å²) < 4.78 is 26.9. The van der Waals surface area contributed by atoms with Crippen molar-refractivity contribution in [2.45, 2.75) is 50.2 Å². The number of sulfonamides is 1. The van der Waals surface area contributed by atoms with Gasteiger partial charge >= 0.3 is 0 Å². The van der Waals surface area contributed by atoms with Crippen molar-refractivity contribution in [1.82, 2.24) is 14.5 Å². The molecule has 3 aromatic rings. The Labute approximate surface area is 233 Å². The summed E-state index contributed by atoms with van der Waals surface area (Å²) in [6, 6.07) is 20.9. The molecule has 39 heavy (non-hydrogen) atoms. The van der Waals surface area contributed by atoms with E-state index in [2.05, 4.69) is 5.32 Å². The van der Waals surface area contributed by atoms with Gasteiger partial charge in [-0.15, -0.1) is 0 Å². The number of fused-ring (bicyclic) bond motifs is 1. The summed E-state index contributed by atoms with van der Waals surface area (Å²) in [7, 11) is -4.22. The van der Waals surface area contributed by atoms with Crippen LogP contribution in [-0.4, -0.2) is 53.5 Å². The highest BCUT2D eigenvalue weighted by Crippen LogP contribution is 2.30. The summed E-state index contributed by atoms with van der Waals surface area (Å²) >= 11 is 6.05. The molecule has 4 rings (SSSR count). The zero-order chi connectivity index (χ0) is 28.4.